The van der Waals surface area contributed by atoms with Gasteiger partial charge in [0.15, 0.2) is 17.4 Å². The molecule has 0 saturated heterocycles. The molecular formula is C17H14F2N2O2. The summed E-state index contributed by atoms with van der Waals surface area (Å²) in [5.41, 5.74) is 1.63. The summed E-state index contributed by atoms with van der Waals surface area (Å²) in [5.74, 6) is -2.16. The van der Waals surface area contributed by atoms with Gasteiger partial charge in [-0.1, -0.05) is 18.2 Å². The van der Waals surface area contributed by atoms with Gasteiger partial charge in [-0.25, -0.2) is 13.5 Å². The number of aliphatic hydroxyl groups excluding tert-OH is 1. The quantitative estimate of drug-likeness (QED) is 0.786. The van der Waals surface area contributed by atoms with Gasteiger partial charge in [0.2, 0.25) is 0 Å². The average molecular weight is 316 g/mol. The molecule has 1 aromatic heterocycles. The fourth-order valence-electron chi connectivity index (χ4n) is 2.23. The Morgan fingerprint density at radius 3 is 2.39 bits per heavy atom. The van der Waals surface area contributed by atoms with E-state index in [1.165, 1.54) is 0 Å². The Labute approximate surface area is 131 Å². The lowest BCUT2D eigenvalue weighted by Gasteiger charge is -2.11. The zero-order valence-electron chi connectivity index (χ0n) is 12.1. The Kier molecular flexibility index (Phi) is 4.34. The van der Waals surface area contributed by atoms with Crippen LogP contribution in [0.2, 0.25) is 0 Å². The summed E-state index contributed by atoms with van der Waals surface area (Å²) in [6.45, 7) is -0.476. The Morgan fingerprint density at radius 1 is 1.04 bits per heavy atom. The molecule has 0 saturated carbocycles. The van der Waals surface area contributed by atoms with Crippen molar-refractivity contribution in [1.82, 2.24) is 9.78 Å². The maximum atomic E-state index is 13.9. The fraction of sp³-hybridized carbons (Fsp3) is 0.118. The number of nitrogens with zero attached hydrogens (tertiary/aromatic N) is 2. The van der Waals surface area contributed by atoms with E-state index in [1.54, 1.807) is 16.9 Å². The van der Waals surface area contributed by atoms with Crippen molar-refractivity contribution < 1.29 is 18.6 Å². The third kappa shape index (κ3) is 3.22. The Hall–Kier alpha value is -2.73. The zero-order valence-corrected chi connectivity index (χ0v) is 12.1. The molecule has 23 heavy (non-hydrogen) atoms. The largest absolute Gasteiger partial charge is 0.481 e. The highest BCUT2D eigenvalue weighted by Gasteiger charge is 2.14. The highest BCUT2D eigenvalue weighted by atomic mass is 19.1. The van der Waals surface area contributed by atoms with Crippen molar-refractivity contribution in [2.75, 3.05) is 0 Å². The van der Waals surface area contributed by atoms with Gasteiger partial charge in [0.25, 0.3) is 0 Å². The minimum Gasteiger partial charge on any atom is -0.481 e. The maximum absolute atomic E-state index is 13.9. The molecule has 0 atom stereocenters. The van der Waals surface area contributed by atoms with Crippen molar-refractivity contribution >= 4 is 0 Å². The number of hydrogen-bond donors (Lipinski definition) is 1. The lowest BCUT2D eigenvalue weighted by Crippen LogP contribution is -2.07. The third-order valence-electron chi connectivity index (χ3n) is 3.33. The molecule has 0 aliphatic carbocycles. The number of aromatic nitrogens is 2. The summed E-state index contributed by atoms with van der Waals surface area (Å²) in [5, 5.41) is 13.1. The van der Waals surface area contributed by atoms with Crippen LogP contribution in [0.5, 0.6) is 5.75 Å². The van der Waals surface area contributed by atoms with Crippen LogP contribution in [-0.2, 0) is 13.2 Å². The molecule has 0 amide bonds. The minimum absolute atomic E-state index is 0.0405. The molecule has 6 heteroatoms. The third-order valence-corrected chi connectivity index (χ3v) is 3.33. The van der Waals surface area contributed by atoms with Crippen molar-refractivity contribution in [1.29, 1.82) is 0 Å². The molecule has 0 spiro atoms. The van der Waals surface area contributed by atoms with Gasteiger partial charge >= 0.3 is 0 Å². The van der Waals surface area contributed by atoms with Crippen molar-refractivity contribution in [3.8, 4) is 11.4 Å². The smallest absolute Gasteiger partial charge is 0.191 e. The van der Waals surface area contributed by atoms with Crippen LogP contribution in [0.25, 0.3) is 5.69 Å². The lowest BCUT2D eigenvalue weighted by molar-refractivity contribution is 0.261. The Morgan fingerprint density at radius 2 is 1.74 bits per heavy atom. The van der Waals surface area contributed by atoms with Crippen LogP contribution in [0.1, 0.15) is 11.3 Å². The van der Waals surface area contributed by atoms with Crippen molar-refractivity contribution in [2.24, 2.45) is 0 Å². The first-order valence-corrected chi connectivity index (χ1v) is 6.99. The standard InChI is InChI=1S/C17H14F2N2O2/c18-15-8-12(10-22)9-16(19)17(15)23-11-14-6-7-20-21(14)13-4-2-1-3-5-13/h1-9,22H,10-11H2. The van der Waals surface area contributed by atoms with Gasteiger partial charge in [-0.2, -0.15) is 5.10 Å². The van der Waals surface area contributed by atoms with E-state index in [-0.39, 0.29) is 12.2 Å². The van der Waals surface area contributed by atoms with E-state index in [2.05, 4.69) is 5.10 Å². The van der Waals surface area contributed by atoms with Crippen LogP contribution in [0, 0.1) is 11.6 Å². The Balaban J connectivity index is 1.82. The molecule has 118 valence electrons. The van der Waals surface area contributed by atoms with E-state index in [9.17, 15) is 8.78 Å². The van der Waals surface area contributed by atoms with Crippen molar-refractivity contribution in [3.05, 3.63) is 77.6 Å². The maximum Gasteiger partial charge on any atom is 0.191 e. The van der Waals surface area contributed by atoms with Gasteiger partial charge in [-0.15, -0.1) is 0 Å². The fourth-order valence-corrected chi connectivity index (χ4v) is 2.23. The van der Waals surface area contributed by atoms with Crippen LogP contribution in [0.3, 0.4) is 0 Å². The minimum atomic E-state index is -0.847. The second-order valence-corrected chi connectivity index (χ2v) is 4.91. The van der Waals surface area contributed by atoms with Crippen molar-refractivity contribution in [2.45, 2.75) is 13.2 Å². The number of ether oxygens (including phenoxy) is 1. The molecular weight excluding hydrogens is 302 g/mol. The van der Waals surface area contributed by atoms with E-state index >= 15 is 0 Å². The van der Waals surface area contributed by atoms with Gasteiger partial charge in [0.1, 0.15) is 6.61 Å². The predicted octanol–water partition coefficient (Wildman–Crippen LogP) is 3.22. The first-order valence-electron chi connectivity index (χ1n) is 6.99. The van der Waals surface area contributed by atoms with Gasteiger partial charge in [-0.3, -0.25) is 0 Å². The monoisotopic (exact) mass is 316 g/mol. The molecule has 3 rings (SSSR count). The number of hydrogen-bond acceptors (Lipinski definition) is 3. The van der Waals surface area contributed by atoms with Crippen molar-refractivity contribution in [3.63, 3.8) is 0 Å². The zero-order chi connectivity index (χ0) is 16.2. The van der Waals surface area contributed by atoms with Gasteiger partial charge in [-0.05, 0) is 35.9 Å². The highest BCUT2D eigenvalue weighted by Crippen LogP contribution is 2.24. The summed E-state index contributed by atoms with van der Waals surface area (Å²) >= 11 is 0. The molecule has 0 bridgehead atoms. The highest BCUT2D eigenvalue weighted by molar-refractivity contribution is 5.33. The second-order valence-electron chi connectivity index (χ2n) is 4.91. The molecule has 0 aliphatic heterocycles. The molecule has 0 radical (unpaired) electrons. The van der Waals surface area contributed by atoms with E-state index in [1.807, 2.05) is 30.3 Å². The SMILES string of the molecule is OCc1cc(F)c(OCc2ccnn2-c2ccccc2)c(F)c1. The predicted molar refractivity (Wildman–Crippen MR) is 80.2 cm³/mol. The molecule has 1 heterocycles. The van der Waals surface area contributed by atoms with E-state index in [0.717, 1.165) is 17.8 Å². The van der Waals surface area contributed by atoms with Crippen LogP contribution < -0.4 is 4.74 Å². The Bertz CT molecular complexity index is 780. The van der Waals surface area contributed by atoms with E-state index in [0.29, 0.717) is 5.69 Å². The number of rotatable bonds is 5. The molecule has 0 fully saturated rings. The second kappa shape index (κ2) is 6.58. The molecule has 0 unspecified atom stereocenters. The lowest BCUT2D eigenvalue weighted by atomic mass is 10.2. The van der Waals surface area contributed by atoms with Crippen LogP contribution in [0.15, 0.2) is 54.7 Å². The molecule has 1 N–H and O–H groups in total. The van der Waals surface area contributed by atoms with Crippen LogP contribution in [0.4, 0.5) is 8.78 Å². The number of aliphatic hydroxyl groups is 1. The summed E-state index contributed by atoms with van der Waals surface area (Å²) < 4.78 is 34.6. The van der Waals surface area contributed by atoms with Crippen LogP contribution in [-0.4, -0.2) is 14.9 Å². The van der Waals surface area contributed by atoms with Gasteiger partial charge in [0.05, 0.1) is 18.0 Å². The first-order chi connectivity index (χ1) is 11.2. The average Bonchev–Trinajstić information content (AvgIpc) is 3.03. The van der Waals surface area contributed by atoms with E-state index < -0.39 is 24.0 Å². The topological polar surface area (TPSA) is 47.3 Å². The summed E-state index contributed by atoms with van der Waals surface area (Å²) in [4.78, 5) is 0. The summed E-state index contributed by atoms with van der Waals surface area (Å²) in [7, 11) is 0. The number of benzene rings is 2. The molecule has 0 aliphatic rings. The summed E-state index contributed by atoms with van der Waals surface area (Å²) in [6, 6.07) is 13.2. The van der Waals surface area contributed by atoms with E-state index in [4.69, 9.17) is 9.84 Å². The molecule has 2 aromatic carbocycles. The number of para-hydroxylation sites is 1. The molecule has 4 nitrogen and oxygen atoms in total. The van der Waals surface area contributed by atoms with Gasteiger partial charge < -0.3 is 9.84 Å². The first kappa shape index (κ1) is 15.2. The van der Waals surface area contributed by atoms with Gasteiger partial charge in [0, 0.05) is 6.20 Å². The summed E-state index contributed by atoms with van der Waals surface area (Å²) in [6.07, 6.45) is 1.59. The molecule has 3 aromatic rings. The van der Waals surface area contributed by atoms with Crippen LogP contribution >= 0.6 is 0 Å². The number of halogens is 2. The normalized spacial score (nSPS) is 10.7.